The van der Waals surface area contributed by atoms with E-state index in [0.29, 0.717) is 18.2 Å². The Kier molecular flexibility index (Phi) is 3.97. The van der Waals surface area contributed by atoms with Gasteiger partial charge >= 0.3 is 12.0 Å². The molecule has 23 heavy (non-hydrogen) atoms. The first-order chi connectivity index (χ1) is 11.0. The Hall–Kier alpha value is -2.51. The number of carbonyl (C=O) groups excluding carboxylic acids is 1. The minimum Gasteiger partial charge on any atom is -0.467 e. The molecule has 1 aliphatic carbocycles. The average molecular weight is 317 g/mol. The fourth-order valence-electron chi connectivity index (χ4n) is 2.59. The highest BCUT2D eigenvalue weighted by atomic mass is 16.5. The molecule has 1 fully saturated rings. The summed E-state index contributed by atoms with van der Waals surface area (Å²) in [5.41, 5.74) is 0.762. The largest absolute Gasteiger partial charge is 0.467 e. The molecule has 8 nitrogen and oxygen atoms in total. The number of ether oxygens (including phenoxy) is 2. The number of aryl methyl sites for hydroxylation is 2. The molecule has 0 spiro atoms. The van der Waals surface area contributed by atoms with Gasteiger partial charge in [0.15, 0.2) is 5.82 Å². The third kappa shape index (κ3) is 3.01. The molecule has 2 aromatic heterocycles. The second-order valence-corrected chi connectivity index (χ2v) is 5.46. The summed E-state index contributed by atoms with van der Waals surface area (Å²) in [6, 6.07) is 2.08. The fourth-order valence-corrected chi connectivity index (χ4v) is 2.59. The third-order valence-electron chi connectivity index (χ3n) is 3.75. The topological polar surface area (TPSA) is 92.0 Å². The number of carbonyl (C=O) groups is 1. The molecule has 0 amide bonds. The lowest BCUT2D eigenvalue weighted by Gasteiger charge is -2.08. The number of aromatic nitrogens is 5. The van der Waals surface area contributed by atoms with E-state index in [1.54, 1.807) is 11.6 Å². The van der Waals surface area contributed by atoms with Crippen molar-refractivity contribution in [3.8, 4) is 11.8 Å². The van der Waals surface area contributed by atoms with Gasteiger partial charge in [0.25, 0.3) is 0 Å². The van der Waals surface area contributed by atoms with Gasteiger partial charge in [-0.25, -0.2) is 4.98 Å². The van der Waals surface area contributed by atoms with Crippen LogP contribution in [0.1, 0.15) is 36.6 Å². The van der Waals surface area contributed by atoms with E-state index < -0.39 is 0 Å². The van der Waals surface area contributed by atoms with Crippen LogP contribution in [0.2, 0.25) is 0 Å². The van der Waals surface area contributed by atoms with E-state index in [1.165, 1.54) is 7.11 Å². The molecule has 0 unspecified atom stereocenters. The van der Waals surface area contributed by atoms with Crippen molar-refractivity contribution in [2.75, 3.05) is 13.7 Å². The molecule has 0 bridgehead atoms. The molecular formula is C15H19N5O3. The lowest BCUT2D eigenvalue weighted by molar-refractivity contribution is -0.144. The fraction of sp³-hybridized carbons (Fsp3) is 0.533. The SMILES string of the molecule is CCOC(=O)[C@@H]1C[C@H]1c1cc(-n2nc(C)nc2C)nc(OC)n1. The predicted octanol–water partition coefficient (Wildman–Crippen LogP) is 1.35. The first-order valence-electron chi connectivity index (χ1n) is 7.53. The molecule has 0 aromatic carbocycles. The molecule has 3 rings (SSSR count). The quantitative estimate of drug-likeness (QED) is 0.768. The van der Waals surface area contributed by atoms with Gasteiger partial charge in [-0.3, -0.25) is 4.79 Å². The van der Waals surface area contributed by atoms with Gasteiger partial charge in [0.2, 0.25) is 0 Å². The number of rotatable bonds is 5. The highest BCUT2D eigenvalue weighted by molar-refractivity contribution is 5.77. The zero-order valence-corrected chi connectivity index (χ0v) is 13.6. The minimum atomic E-state index is -0.176. The van der Waals surface area contributed by atoms with Crippen LogP contribution in [-0.4, -0.2) is 44.4 Å². The summed E-state index contributed by atoms with van der Waals surface area (Å²) >= 11 is 0. The van der Waals surface area contributed by atoms with E-state index in [4.69, 9.17) is 9.47 Å². The maximum Gasteiger partial charge on any atom is 0.318 e. The van der Waals surface area contributed by atoms with Gasteiger partial charge in [0.1, 0.15) is 11.6 Å². The Morgan fingerprint density at radius 3 is 2.74 bits per heavy atom. The number of esters is 1. The van der Waals surface area contributed by atoms with E-state index in [-0.39, 0.29) is 23.8 Å². The Morgan fingerprint density at radius 2 is 2.13 bits per heavy atom. The van der Waals surface area contributed by atoms with Gasteiger partial charge in [-0.15, -0.1) is 5.10 Å². The van der Waals surface area contributed by atoms with Crippen molar-refractivity contribution < 1.29 is 14.3 Å². The molecule has 0 saturated heterocycles. The van der Waals surface area contributed by atoms with Gasteiger partial charge in [0, 0.05) is 12.0 Å². The first kappa shape index (κ1) is 15.4. The summed E-state index contributed by atoms with van der Waals surface area (Å²) in [5, 5.41) is 4.33. The Labute approximate surface area is 133 Å². The number of hydrogen-bond acceptors (Lipinski definition) is 7. The lowest BCUT2D eigenvalue weighted by atomic mass is 10.2. The third-order valence-corrected chi connectivity index (χ3v) is 3.75. The molecule has 1 saturated carbocycles. The zero-order valence-electron chi connectivity index (χ0n) is 13.6. The van der Waals surface area contributed by atoms with Gasteiger partial charge in [-0.05, 0) is 27.2 Å². The molecule has 8 heteroatoms. The summed E-state index contributed by atoms with van der Waals surface area (Å²) in [7, 11) is 1.51. The maximum atomic E-state index is 11.8. The van der Waals surface area contributed by atoms with Crippen molar-refractivity contribution in [3.05, 3.63) is 23.4 Å². The molecule has 1 aliphatic rings. The van der Waals surface area contributed by atoms with Crippen molar-refractivity contribution >= 4 is 5.97 Å². The molecule has 2 heterocycles. The van der Waals surface area contributed by atoms with Gasteiger partial charge < -0.3 is 9.47 Å². The number of nitrogens with zero attached hydrogens (tertiary/aromatic N) is 5. The molecule has 2 atom stereocenters. The van der Waals surface area contributed by atoms with Crippen LogP contribution in [0, 0.1) is 19.8 Å². The summed E-state index contributed by atoms with van der Waals surface area (Å²) in [6.45, 7) is 5.86. The first-order valence-corrected chi connectivity index (χ1v) is 7.53. The number of methoxy groups -OCH3 is 1. The van der Waals surface area contributed by atoms with Crippen molar-refractivity contribution in [3.63, 3.8) is 0 Å². The Morgan fingerprint density at radius 1 is 1.35 bits per heavy atom. The van der Waals surface area contributed by atoms with Crippen LogP contribution < -0.4 is 4.74 Å². The van der Waals surface area contributed by atoms with Crippen LogP contribution in [0.15, 0.2) is 6.07 Å². The zero-order chi connectivity index (χ0) is 16.6. The summed E-state index contributed by atoms with van der Waals surface area (Å²) in [6.07, 6.45) is 0.730. The van der Waals surface area contributed by atoms with Crippen molar-refractivity contribution in [2.45, 2.75) is 33.1 Å². The van der Waals surface area contributed by atoms with Crippen LogP contribution in [0.4, 0.5) is 0 Å². The van der Waals surface area contributed by atoms with Crippen LogP contribution in [0.3, 0.4) is 0 Å². The smallest absolute Gasteiger partial charge is 0.318 e. The predicted molar refractivity (Wildman–Crippen MR) is 80.5 cm³/mol. The summed E-state index contributed by atoms with van der Waals surface area (Å²) in [5.74, 6) is 1.70. The summed E-state index contributed by atoms with van der Waals surface area (Å²) in [4.78, 5) is 24.8. The normalized spacial score (nSPS) is 19.5. The van der Waals surface area contributed by atoms with Crippen molar-refractivity contribution in [1.82, 2.24) is 24.7 Å². The van der Waals surface area contributed by atoms with E-state index in [9.17, 15) is 4.79 Å². The second-order valence-electron chi connectivity index (χ2n) is 5.46. The van der Waals surface area contributed by atoms with Crippen LogP contribution in [-0.2, 0) is 9.53 Å². The molecule has 0 aliphatic heterocycles. The Balaban J connectivity index is 1.92. The Bertz CT molecular complexity index is 743. The average Bonchev–Trinajstić information content (AvgIpc) is 3.26. The van der Waals surface area contributed by atoms with Crippen molar-refractivity contribution in [2.24, 2.45) is 5.92 Å². The van der Waals surface area contributed by atoms with E-state index in [0.717, 1.165) is 17.9 Å². The lowest BCUT2D eigenvalue weighted by Crippen LogP contribution is -2.09. The molecule has 0 radical (unpaired) electrons. The summed E-state index contributed by atoms with van der Waals surface area (Å²) < 4.78 is 11.9. The van der Waals surface area contributed by atoms with Gasteiger partial charge in [-0.2, -0.15) is 14.6 Å². The number of hydrogen-bond donors (Lipinski definition) is 0. The molecular weight excluding hydrogens is 298 g/mol. The minimum absolute atomic E-state index is 0.0367. The molecule has 0 N–H and O–H groups in total. The van der Waals surface area contributed by atoms with Gasteiger partial charge in [0.05, 0.1) is 25.3 Å². The van der Waals surface area contributed by atoms with E-state index in [1.807, 2.05) is 19.9 Å². The highest BCUT2D eigenvalue weighted by Crippen LogP contribution is 2.48. The molecule has 2 aromatic rings. The van der Waals surface area contributed by atoms with E-state index in [2.05, 4.69) is 20.1 Å². The van der Waals surface area contributed by atoms with Gasteiger partial charge in [-0.1, -0.05) is 0 Å². The van der Waals surface area contributed by atoms with Crippen LogP contribution >= 0.6 is 0 Å². The van der Waals surface area contributed by atoms with E-state index >= 15 is 0 Å². The van der Waals surface area contributed by atoms with Crippen LogP contribution in [0.25, 0.3) is 5.82 Å². The van der Waals surface area contributed by atoms with Crippen molar-refractivity contribution in [1.29, 1.82) is 0 Å². The second kappa shape index (κ2) is 5.94. The standard InChI is InChI=1S/C15H19N5O3/c1-5-23-14(21)11-6-10(11)12-7-13(18-15(17-12)22-4)20-9(3)16-8(2)19-20/h7,10-11H,5-6H2,1-4H3/t10-,11-/m1/s1. The highest BCUT2D eigenvalue weighted by Gasteiger charge is 2.46. The maximum absolute atomic E-state index is 11.8. The molecule has 122 valence electrons. The monoisotopic (exact) mass is 317 g/mol. The van der Waals surface area contributed by atoms with Crippen LogP contribution in [0.5, 0.6) is 6.01 Å².